The fourth-order valence-corrected chi connectivity index (χ4v) is 9.14. The fraction of sp³-hybridized carbons (Fsp3) is 0.0392. The number of hydrogen-bond acceptors (Lipinski definition) is 4. The van der Waals surface area contributed by atoms with E-state index in [0.717, 1.165) is 102 Å². The highest BCUT2D eigenvalue weighted by Crippen LogP contribution is 2.40. The predicted octanol–water partition coefficient (Wildman–Crippen LogP) is 12.4. The molecule has 0 N–H and O–H groups in total. The van der Waals surface area contributed by atoms with Gasteiger partial charge in [0.15, 0.2) is 0 Å². The van der Waals surface area contributed by atoms with E-state index in [0.29, 0.717) is 0 Å². The van der Waals surface area contributed by atoms with Crippen LogP contribution in [-0.4, -0.2) is 28.7 Å². The Balaban J connectivity index is 0.991. The van der Waals surface area contributed by atoms with Gasteiger partial charge in [0.25, 0.3) is 0 Å². The molecule has 0 radical (unpaired) electrons. The molecule has 0 saturated carbocycles. The second-order valence-electron chi connectivity index (χ2n) is 14.8. The molecule has 7 heteroatoms. The van der Waals surface area contributed by atoms with Crippen LogP contribution in [0.5, 0.6) is 0 Å². The fourth-order valence-electron chi connectivity index (χ4n) is 9.14. The van der Waals surface area contributed by atoms with Gasteiger partial charge in [-0.2, -0.15) is 0 Å². The summed E-state index contributed by atoms with van der Waals surface area (Å²) in [4.78, 5) is 16.7. The van der Waals surface area contributed by atoms with Crippen molar-refractivity contribution in [3.63, 3.8) is 0 Å². The number of anilines is 3. The van der Waals surface area contributed by atoms with E-state index in [1.54, 1.807) is 0 Å². The van der Waals surface area contributed by atoms with Crippen LogP contribution in [0.15, 0.2) is 182 Å². The summed E-state index contributed by atoms with van der Waals surface area (Å²) in [5.41, 5.74) is 17.7. The van der Waals surface area contributed by atoms with Crippen molar-refractivity contribution in [2.45, 2.75) is 12.8 Å². The number of aromatic nitrogens is 6. The van der Waals surface area contributed by atoms with Crippen molar-refractivity contribution in [3.05, 3.63) is 194 Å². The minimum absolute atomic E-state index is 1.00. The van der Waals surface area contributed by atoms with Crippen molar-refractivity contribution in [3.8, 4) is 17.1 Å². The molecule has 12 rings (SSSR count). The average molecular weight is 746 g/mol. The van der Waals surface area contributed by atoms with Gasteiger partial charge in [-0.1, -0.05) is 42.5 Å². The Bertz CT molecular complexity index is 3120. The van der Waals surface area contributed by atoms with Crippen molar-refractivity contribution in [2.24, 2.45) is 0 Å². The Morgan fingerprint density at radius 3 is 1.31 bits per heavy atom. The molecule has 1 aliphatic rings. The van der Waals surface area contributed by atoms with Gasteiger partial charge in [0.2, 0.25) is 0 Å². The van der Waals surface area contributed by atoms with Crippen molar-refractivity contribution < 1.29 is 0 Å². The van der Waals surface area contributed by atoms with Crippen LogP contribution in [-0.2, 0) is 6.42 Å². The van der Waals surface area contributed by atoms with Crippen molar-refractivity contribution in [2.75, 3.05) is 4.90 Å². The normalized spacial score (nSPS) is 12.6. The van der Waals surface area contributed by atoms with Crippen LogP contribution in [0.4, 0.5) is 17.1 Å². The number of rotatable bonds is 6. The highest BCUT2D eigenvalue weighted by Gasteiger charge is 2.21. The zero-order valence-corrected chi connectivity index (χ0v) is 31.4. The van der Waals surface area contributed by atoms with E-state index in [1.807, 2.05) is 36.8 Å². The molecule has 0 spiro atoms. The van der Waals surface area contributed by atoms with Gasteiger partial charge in [-0.25, -0.2) is 0 Å². The van der Waals surface area contributed by atoms with E-state index in [2.05, 4.69) is 170 Å². The SMILES string of the molecule is C1=Cc2c(c3ncccc3n2-c2ccc(N(c3ccc(-n4c5ccccc5c5ncccc54)cc3)c3ccc(-n4c5ccccc5c5ncccc54)cc3)cc2)CC1. The van der Waals surface area contributed by atoms with Crippen LogP contribution in [0.1, 0.15) is 17.7 Å². The minimum Gasteiger partial charge on any atom is -0.310 e. The zero-order valence-electron chi connectivity index (χ0n) is 31.4. The third-order valence-electron chi connectivity index (χ3n) is 11.7. The number of nitrogens with zero attached hydrogens (tertiary/aromatic N) is 7. The monoisotopic (exact) mass is 745 g/mol. The van der Waals surface area contributed by atoms with Crippen molar-refractivity contribution >= 4 is 78.0 Å². The van der Waals surface area contributed by atoms with Gasteiger partial charge >= 0.3 is 0 Å². The molecule has 11 aromatic rings. The molecule has 0 unspecified atom stereocenters. The average Bonchev–Trinajstić information content (AvgIpc) is 3.93. The highest BCUT2D eigenvalue weighted by atomic mass is 15.1. The Labute approximate surface area is 334 Å². The van der Waals surface area contributed by atoms with Crippen LogP contribution in [0, 0.1) is 0 Å². The molecule has 0 bridgehead atoms. The summed E-state index contributed by atoms with van der Waals surface area (Å²) in [7, 11) is 0. The first-order valence-electron chi connectivity index (χ1n) is 19.7. The van der Waals surface area contributed by atoms with Gasteiger partial charge < -0.3 is 18.6 Å². The Hall–Kier alpha value is -7.77. The quantitative estimate of drug-likeness (QED) is 0.170. The summed E-state index contributed by atoms with van der Waals surface area (Å²) in [6.45, 7) is 0. The lowest BCUT2D eigenvalue weighted by Crippen LogP contribution is -2.11. The summed E-state index contributed by atoms with van der Waals surface area (Å²) in [5, 5.41) is 2.29. The van der Waals surface area contributed by atoms with Crippen molar-refractivity contribution in [1.29, 1.82) is 0 Å². The lowest BCUT2D eigenvalue weighted by Gasteiger charge is -2.26. The van der Waals surface area contributed by atoms with E-state index >= 15 is 0 Å². The summed E-state index contributed by atoms with van der Waals surface area (Å²) in [6, 6.07) is 56.2. The number of fused-ring (bicyclic) bond motifs is 9. The Kier molecular flexibility index (Phi) is 7.22. The number of aryl methyl sites for hydroxylation is 1. The van der Waals surface area contributed by atoms with Gasteiger partial charge in [0.1, 0.15) is 0 Å². The van der Waals surface area contributed by atoms with Gasteiger partial charge in [-0.05, 0) is 140 Å². The topological polar surface area (TPSA) is 56.7 Å². The van der Waals surface area contributed by atoms with E-state index in [4.69, 9.17) is 15.0 Å². The van der Waals surface area contributed by atoms with Crippen LogP contribution in [0.25, 0.3) is 78.0 Å². The van der Waals surface area contributed by atoms with Gasteiger partial charge in [0, 0.05) is 69.1 Å². The number of allylic oxidation sites excluding steroid dienone is 1. The zero-order chi connectivity index (χ0) is 38.2. The first-order chi connectivity index (χ1) is 28.8. The lowest BCUT2D eigenvalue weighted by atomic mass is 10.0. The molecule has 6 aromatic heterocycles. The van der Waals surface area contributed by atoms with Crippen LogP contribution in [0.2, 0.25) is 0 Å². The highest BCUT2D eigenvalue weighted by molar-refractivity contribution is 6.08. The molecule has 0 aliphatic heterocycles. The predicted molar refractivity (Wildman–Crippen MR) is 237 cm³/mol. The maximum absolute atomic E-state index is 4.81. The molecule has 5 aromatic carbocycles. The van der Waals surface area contributed by atoms with E-state index < -0.39 is 0 Å². The first kappa shape index (κ1) is 32.5. The Morgan fingerprint density at radius 2 is 0.810 bits per heavy atom. The number of para-hydroxylation sites is 2. The summed E-state index contributed by atoms with van der Waals surface area (Å²) >= 11 is 0. The molecule has 0 atom stereocenters. The maximum atomic E-state index is 4.81. The number of benzene rings is 5. The number of hydrogen-bond donors (Lipinski definition) is 0. The van der Waals surface area contributed by atoms with Gasteiger partial charge in [0.05, 0.1) is 49.8 Å². The smallest absolute Gasteiger partial charge is 0.0963 e. The summed E-state index contributed by atoms with van der Waals surface area (Å²) in [6.07, 6.45) is 12.2. The van der Waals surface area contributed by atoms with Crippen LogP contribution >= 0.6 is 0 Å². The van der Waals surface area contributed by atoms with E-state index in [1.165, 1.54) is 11.3 Å². The van der Waals surface area contributed by atoms with Crippen LogP contribution in [0.3, 0.4) is 0 Å². The van der Waals surface area contributed by atoms with Crippen LogP contribution < -0.4 is 4.90 Å². The summed E-state index contributed by atoms with van der Waals surface area (Å²) < 4.78 is 6.97. The molecule has 1 aliphatic carbocycles. The Morgan fingerprint density at radius 1 is 0.397 bits per heavy atom. The van der Waals surface area contributed by atoms with E-state index in [-0.39, 0.29) is 0 Å². The molecular weight excluding hydrogens is 711 g/mol. The third-order valence-corrected chi connectivity index (χ3v) is 11.7. The second-order valence-corrected chi connectivity index (χ2v) is 14.8. The lowest BCUT2D eigenvalue weighted by molar-refractivity contribution is 0.965. The molecule has 0 saturated heterocycles. The largest absolute Gasteiger partial charge is 0.310 e. The van der Waals surface area contributed by atoms with Crippen molar-refractivity contribution in [1.82, 2.24) is 28.7 Å². The standard InChI is InChI=1S/C51H35N7/c1-4-13-43-40(10-1)49-46(16-7-31-52-49)56(43)37-25-19-34(20-26-37)55(35-21-27-38(28-22-35)57-44-14-5-2-11-41(44)50-47(57)17-8-32-53-50)36-23-29-39(30-24-36)58-45-15-6-3-12-42(45)51-48(58)18-9-33-54-51/h1-2,4-11,13-33H,3,12H2. The molecule has 58 heavy (non-hydrogen) atoms. The molecule has 6 heterocycles. The maximum Gasteiger partial charge on any atom is 0.0963 e. The van der Waals surface area contributed by atoms with Gasteiger partial charge in [-0.15, -0.1) is 0 Å². The molecule has 0 fully saturated rings. The van der Waals surface area contributed by atoms with Gasteiger partial charge in [-0.3, -0.25) is 15.0 Å². The summed E-state index contributed by atoms with van der Waals surface area (Å²) in [5.74, 6) is 0. The molecule has 274 valence electrons. The molecule has 0 amide bonds. The molecule has 7 nitrogen and oxygen atoms in total. The molecular formula is C51H35N7. The first-order valence-corrected chi connectivity index (χ1v) is 19.7. The second kappa shape index (κ2) is 12.9. The minimum atomic E-state index is 1.00. The van der Waals surface area contributed by atoms with E-state index in [9.17, 15) is 0 Å². The number of pyridine rings is 3. The third kappa shape index (κ3) is 4.90.